The van der Waals surface area contributed by atoms with Crippen molar-refractivity contribution in [1.82, 2.24) is 9.88 Å². The van der Waals surface area contributed by atoms with Crippen LogP contribution in [0.2, 0.25) is 5.02 Å². The van der Waals surface area contributed by atoms with Crippen LogP contribution in [0, 0.1) is 0 Å². The third kappa shape index (κ3) is 5.35. The third-order valence-corrected chi connectivity index (χ3v) is 5.61. The Morgan fingerprint density at radius 2 is 1.74 bits per heavy atom. The van der Waals surface area contributed by atoms with Crippen molar-refractivity contribution >= 4 is 34.4 Å². The maximum atomic E-state index is 13.2. The first kappa shape index (κ1) is 23.3. The Morgan fingerprint density at radius 3 is 2.44 bits per heavy atom. The minimum atomic E-state index is -0.387. The Hall–Kier alpha value is -3.90. The molecule has 0 aliphatic heterocycles. The number of esters is 1. The number of pyridine rings is 1. The summed E-state index contributed by atoms with van der Waals surface area (Å²) in [6.07, 6.45) is 2.27. The number of halogens is 1. The van der Waals surface area contributed by atoms with Gasteiger partial charge in [0.15, 0.2) is 5.43 Å². The zero-order valence-corrected chi connectivity index (χ0v) is 19.3. The van der Waals surface area contributed by atoms with E-state index in [0.717, 1.165) is 16.8 Å². The van der Waals surface area contributed by atoms with E-state index in [1.54, 1.807) is 30.3 Å². The van der Waals surface area contributed by atoms with Gasteiger partial charge in [-0.3, -0.25) is 14.4 Å². The number of carbonyl (C=O) groups excluding carboxylic acids is 2. The number of rotatable bonds is 7. The number of aromatic nitrogens is 1. The van der Waals surface area contributed by atoms with E-state index in [0.29, 0.717) is 28.0 Å². The van der Waals surface area contributed by atoms with Crippen molar-refractivity contribution in [3.05, 3.63) is 111 Å². The van der Waals surface area contributed by atoms with Gasteiger partial charge in [0, 0.05) is 46.8 Å². The summed E-state index contributed by atoms with van der Waals surface area (Å²) in [6, 6.07) is 22.1. The van der Waals surface area contributed by atoms with Crippen LogP contribution < -0.4 is 10.7 Å². The van der Waals surface area contributed by atoms with Crippen LogP contribution in [-0.2, 0) is 16.0 Å². The molecule has 172 valence electrons. The molecule has 0 spiro atoms. The molecule has 1 aromatic heterocycles. The summed E-state index contributed by atoms with van der Waals surface area (Å²) in [5, 5.41) is 3.86. The number of nitrogens with zero attached hydrogens (tertiary/aromatic N) is 1. The molecule has 7 heteroatoms. The van der Waals surface area contributed by atoms with Gasteiger partial charge in [0.05, 0.1) is 12.1 Å². The molecule has 1 N–H and O–H groups in total. The second-order valence-corrected chi connectivity index (χ2v) is 8.26. The van der Waals surface area contributed by atoms with Crippen molar-refractivity contribution in [3.63, 3.8) is 0 Å². The Kier molecular flexibility index (Phi) is 7.09. The van der Waals surface area contributed by atoms with Crippen molar-refractivity contribution in [3.8, 4) is 5.69 Å². The first-order valence-electron chi connectivity index (χ1n) is 10.8. The van der Waals surface area contributed by atoms with Crippen LogP contribution >= 0.6 is 11.6 Å². The van der Waals surface area contributed by atoms with Crippen LogP contribution in [0.1, 0.15) is 28.4 Å². The lowest BCUT2D eigenvalue weighted by Gasteiger charge is -2.14. The molecule has 1 amide bonds. The molecular formula is C27H23ClN2O4. The summed E-state index contributed by atoms with van der Waals surface area (Å²) in [5.74, 6) is -0.644. The van der Waals surface area contributed by atoms with Gasteiger partial charge in [-0.15, -0.1) is 0 Å². The van der Waals surface area contributed by atoms with E-state index < -0.39 is 0 Å². The zero-order valence-electron chi connectivity index (χ0n) is 18.6. The second-order valence-electron chi connectivity index (χ2n) is 7.82. The fourth-order valence-corrected chi connectivity index (χ4v) is 3.90. The average molecular weight is 475 g/mol. The van der Waals surface area contributed by atoms with E-state index in [2.05, 4.69) is 5.32 Å². The number of hydrogen-bond donors (Lipinski definition) is 1. The maximum absolute atomic E-state index is 13.2. The van der Waals surface area contributed by atoms with Gasteiger partial charge in [-0.2, -0.15) is 0 Å². The molecular weight excluding hydrogens is 452 g/mol. The lowest BCUT2D eigenvalue weighted by Crippen LogP contribution is -2.27. The number of benzene rings is 3. The fourth-order valence-electron chi connectivity index (χ4n) is 3.74. The average Bonchev–Trinajstić information content (AvgIpc) is 2.84. The quantitative estimate of drug-likeness (QED) is 0.315. The SMILES string of the molecule is CC(=O)OCCNC(=O)c1ccc(Cc2cn(-c3ccccc3)c3cc(Cl)ccc3c2=O)cc1. The number of ether oxygens (including phenoxy) is 1. The van der Waals surface area contributed by atoms with Gasteiger partial charge in [-0.25, -0.2) is 0 Å². The van der Waals surface area contributed by atoms with Crippen molar-refractivity contribution < 1.29 is 14.3 Å². The van der Waals surface area contributed by atoms with Gasteiger partial charge in [-0.05, 0) is 48.0 Å². The summed E-state index contributed by atoms with van der Waals surface area (Å²) in [7, 11) is 0. The smallest absolute Gasteiger partial charge is 0.302 e. The van der Waals surface area contributed by atoms with Crippen LogP contribution in [0.3, 0.4) is 0 Å². The Bertz CT molecular complexity index is 1400. The Morgan fingerprint density at radius 1 is 1.00 bits per heavy atom. The summed E-state index contributed by atoms with van der Waals surface area (Å²) in [4.78, 5) is 36.3. The van der Waals surface area contributed by atoms with Crippen molar-refractivity contribution in [2.45, 2.75) is 13.3 Å². The summed E-state index contributed by atoms with van der Waals surface area (Å²) < 4.78 is 6.79. The highest BCUT2D eigenvalue weighted by molar-refractivity contribution is 6.31. The van der Waals surface area contributed by atoms with Crippen LogP contribution in [-0.4, -0.2) is 29.6 Å². The van der Waals surface area contributed by atoms with Gasteiger partial charge in [0.25, 0.3) is 5.91 Å². The molecule has 3 aromatic carbocycles. The number of carbonyl (C=O) groups is 2. The lowest BCUT2D eigenvalue weighted by molar-refractivity contribution is -0.140. The molecule has 4 rings (SSSR count). The number of para-hydroxylation sites is 1. The minimum absolute atomic E-state index is 0.0499. The molecule has 0 atom stereocenters. The first-order valence-corrected chi connectivity index (χ1v) is 11.2. The summed E-state index contributed by atoms with van der Waals surface area (Å²) in [6.45, 7) is 1.68. The topological polar surface area (TPSA) is 77.4 Å². The van der Waals surface area contributed by atoms with E-state index in [-0.39, 0.29) is 30.5 Å². The van der Waals surface area contributed by atoms with Gasteiger partial charge < -0.3 is 14.6 Å². The summed E-state index contributed by atoms with van der Waals surface area (Å²) >= 11 is 6.22. The molecule has 0 aliphatic carbocycles. The van der Waals surface area contributed by atoms with E-state index in [4.69, 9.17) is 16.3 Å². The Labute approximate surface area is 201 Å². The number of amides is 1. The van der Waals surface area contributed by atoms with Gasteiger partial charge in [0.2, 0.25) is 0 Å². The predicted molar refractivity (Wildman–Crippen MR) is 133 cm³/mol. The monoisotopic (exact) mass is 474 g/mol. The molecule has 4 aromatic rings. The van der Waals surface area contributed by atoms with E-state index in [1.807, 2.05) is 53.2 Å². The van der Waals surface area contributed by atoms with E-state index in [9.17, 15) is 14.4 Å². The van der Waals surface area contributed by atoms with Gasteiger partial charge in [0.1, 0.15) is 6.61 Å². The second kappa shape index (κ2) is 10.4. The van der Waals surface area contributed by atoms with Crippen molar-refractivity contribution in [1.29, 1.82) is 0 Å². The third-order valence-electron chi connectivity index (χ3n) is 5.38. The molecule has 0 aliphatic rings. The molecule has 34 heavy (non-hydrogen) atoms. The lowest BCUT2D eigenvalue weighted by atomic mass is 10.0. The van der Waals surface area contributed by atoms with Crippen LogP contribution in [0.5, 0.6) is 0 Å². The standard InChI is InChI=1S/C27H23ClN2O4/c1-18(31)34-14-13-29-27(33)20-9-7-19(8-10-20)15-21-17-30(23-5-3-2-4-6-23)25-16-22(28)11-12-24(25)26(21)32/h2-12,16-17H,13-15H2,1H3,(H,29,33). The molecule has 0 unspecified atom stereocenters. The highest BCUT2D eigenvalue weighted by atomic mass is 35.5. The number of fused-ring (bicyclic) bond motifs is 1. The molecule has 6 nitrogen and oxygen atoms in total. The normalized spacial score (nSPS) is 10.8. The fraction of sp³-hybridized carbons (Fsp3) is 0.148. The van der Waals surface area contributed by atoms with Crippen LogP contribution in [0.4, 0.5) is 0 Å². The maximum Gasteiger partial charge on any atom is 0.302 e. The number of nitrogens with one attached hydrogen (secondary N) is 1. The molecule has 0 radical (unpaired) electrons. The number of hydrogen-bond acceptors (Lipinski definition) is 4. The predicted octanol–water partition coefficient (Wildman–Crippen LogP) is 4.53. The van der Waals surface area contributed by atoms with Crippen molar-refractivity contribution in [2.75, 3.05) is 13.2 Å². The van der Waals surface area contributed by atoms with Gasteiger partial charge in [-0.1, -0.05) is 41.9 Å². The molecule has 1 heterocycles. The van der Waals surface area contributed by atoms with Crippen LogP contribution in [0.15, 0.2) is 83.8 Å². The zero-order chi connectivity index (χ0) is 24.1. The van der Waals surface area contributed by atoms with E-state index in [1.165, 1.54) is 6.92 Å². The molecule has 0 bridgehead atoms. The van der Waals surface area contributed by atoms with Crippen molar-refractivity contribution in [2.24, 2.45) is 0 Å². The summed E-state index contributed by atoms with van der Waals surface area (Å²) in [5.41, 5.74) is 3.65. The first-order chi connectivity index (χ1) is 16.4. The minimum Gasteiger partial charge on any atom is -0.464 e. The molecule has 0 saturated carbocycles. The van der Waals surface area contributed by atoms with Gasteiger partial charge >= 0.3 is 5.97 Å². The van der Waals surface area contributed by atoms with Crippen LogP contribution in [0.25, 0.3) is 16.6 Å². The largest absolute Gasteiger partial charge is 0.464 e. The highest BCUT2D eigenvalue weighted by Crippen LogP contribution is 2.22. The molecule has 0 saturated heterocycles. The Balaban J connectivity index is 1.59. The molecule has 0 fully saturated rings. The highest BCUT2D eigenvalue weighted by Gasteiger charge is 2.12. The van der Waals surface area contributed by atoms with E-state index >= 15 is 0 Å².